The molecule has 0 aliphatic carbocycles. The topological polar surface area (TPSA) is 75.6 Å². The molecule has 0 saturated carbocycles. The molecule has 2 rings (SSSR count). The molecule has 1 aliphatic heterocycles. The first-order chi connectivity index (χ1) is 9.93. The zero-order valence-corrected chi connectivity index (χ0v) is 11.2. The zero-order valence-electron chi connectivity index (χ0n) is 11.2. The highest BCUT2D eigenvalue weighted by Gasteiger charge is 2.41. The molecule has 7 heteroatoms. The average Bonchev–Trinajstić information content (AvgIpc) is 2.43. The van der Waals surface area contributed by atoms with Crippen LogP contribution in [0.25, 0.3) is 0 Å². The van der Waals surface area contributed by atoms with E-state index in [1.165, 1.54) is 0 Å². The van der Waals surface area contributed by atoms with Crippen LogP contribution in [0.4, 0.5) is 8.78 Å². The lowest BCUT2D eigenvalue weighted by Gasteiger charge is -2.33. The molecular weight excluding hydrogens is 284 g/mol. The number of aliphatic carboxylic acids is 1. The summed E-state index contributed by atoms with van der Waals surface area (Å²) in [5, 5.41) is 11.7. The van der Waals surface area contributed by atoms with Gasteiger partial charge < -0.3 is 15.2 Å². The van der Waals surface area contributed by atoms with Gasteiger partial charge in [-0.05, 0) is 18.2 Å². The van der Waals surface area contributed by atoms with Crippen LogP contribution in [0.3, 0.4) is 0 Å². The molecule has 21 heavy (non-hydrogen) atoms. The van der Waals surface area contributed by atoms with E-state index in [4.69, 9.17) is 4.74 Å². The predicted octanol–water partition coefficient (Wildman–Crippen LogP) is 1.26. The highest BCUT2D eigenvalue weighted by molar-refractivity contribution is 5.88. The van der Waals surface area contributed by atoms with E-state index in [0.717, 1.165) is 18.2 Å². The Bertz CT molecular complexity index is 556. The van der Waals surface area contributed by atoms with Crippen LogP contribution in [0.2, 0.25) is 0 Å². The summed E-state index contributed by atoms with van der Waals surface area (Å²) >= 11 is 0. The molecule has 0 radical (unpaired) electrons. The third-order valence-electron chi connectivity index (χ3n) is 3.49. The number of halogens is 2. The van der Waals surface area contributed by atoms with E-state index in [9.17, 15) is 23.5 Å². The van der Waals surface area contributed by atoms with Crippen LogP contribution in [-0.4, -0.2) is 35.7 Å². The van der Waals surface area contributed by atoms with Crippen molar-refractivity contribution in [2.75, 3.05) is 13.2 Å². The maximum Gasteiger partial charge on any atom is 0.329 e. The maximum atomic E-state index is 13.5. The van der Waals surface area contributed by atoms with Gasteiger partial charge in [-0.15, -0.1) is 0 Å². The number of hydrogen-bond acceptors (Lipinski definition) is 3. The average molecular weight is 299 g/mol. The smallest absolute Gasteiger partial charge is 0.329 e. The van der Waals surface area contributed by atoms with Crippen molar-refractivity contribution in [3.05, 3.63) is 35.4 Å². The predicted molar refractivity (Wildman–Crippen MR) is 68.6 cm³/mol. The highest BCUT2D eigenvalue weighted by atomic mass is 19.1. The molecule has 1 aliphatic rings. The lowest BCUT2D eigenvalue weighted by Crippen LogP contribution is -2.57. The number of carbonyl (C=O) groups excluding carboxylic acids is 1. The minimum atomic E-state index is -1.40. The monoisotopic (exact) mass is 299 g/mol. The van der Waals surface area contributed by atoms with Crippen LogP contribution in [0.1, 0.15) is 18.4 Å². The summed E-state index contributed by atoms with van der Waals surface area (Å²) in [5.74, 6) is -3.18. The first-order valence-corrected chi connectivity index (χ1v) is 6.49. The van der Waals surface area contributed by atoms with Gasteiger partial charge in [0.05, 0.1) is 6.42 Å². The maximum absolute atomic E-state index is 13.5. The Labute approximate surface area is 119 Å². The minimum absolute atomic E-state index is 0.111. The molecule has 5 nitrogen and oxygen atoms in total. The Morgan fingerprint density at radius 3 is 2.57 bits per heavy atom. The molecule has 1 aromatic rings. The molecule has 1 aromatic carbocycles. The van der Waals surface area contributed by atoms with Crippen molar-refractivity contribution in [3.63, 3.8) is 0 Å². The van der Waals surface area contributed by atoms with Gasteiger partial charge in [-0.25, -0.2) is 13.6 Å². The summed E-state index contributed by atoms with van der Waals surface area (Å²) in [5.41, 5.74) is -1.51. The molecule has 1 amide bonds. The van der Waals surface area contributed by atoms with Crippen molar-refractivity contribution in [1.82, 2.24) is 5.32 Å². The molecule has 1 fully saturated rings. The molecule has 1 heterocycles. The van der Waals surface area contributed by atoms with Crippen molar-refractivity contribution in [2.24, 2.45) is 0 Å². The van der Waals surface area contributed by atoms with Crippen LogP contribution in [0.15, 0.2) is 18.2 Å². The molecule has 0 atom stereocenters. The number of carboxylic acid groups (broad SMARTS) is 1. The molecule has 0 spiro atoms. The molecular formula is C14H15F2NO4. The van der Waals surface area contributed by atoms with Crippen molar-refractivity contribution in [1.29, 1.82) is 0 Å². The number of ether oxygens (including phenoxy) is 1. The first-order valence-electron chi connectivity index (χ1n) is 6.49. The number of rotatable bonds is 4. The Kier molecular flexibility index (Phi) is 4.52. The van der Waals surface area contributed by atoms with Crippen molar-refractivity contribution >= 4 is 11.9 Å². The fraction of sp³-hybridized carbons (Fsp3) is 0.429. The number of amides is 1. The SMILES string of the molecule is O=C(Cc1cc(F)ccc1F)NC1(C(=O)O)CCOCC1. The Hall–Kier alpha value is -2.02. The number of hydrogen-bond donors (Lipinski definition) is 2. The van der Waals surface area contributed by atoms with Gasteiger partial charge >= 0.3 is 5.97 Å². The van der Waals surface area contributed by atoms with E-state index in [0.29, 0.717) is 0 Å². The second-order valence-corrected chi connectivity index (χ2v) is 4.96. The molecule has 0 aromatic heterocycles. The lowest BCUT2D eigenvalue weighted by molar-refractivity contribution is -0.152. The third-order valence-corrected chi connectivity index (χ3v) is 3.49. The van der Waals surface area contributed by atoms with Gasteiger partial charge in [-0.2, -0.15) is 0 Å². The summed E-state index contributed by atoms with van der Waals surface area (Å²) < 4.78 is 31.6. The van der Waals surface area contributed by atoms with E-state index in [1.807, 2.05) is 0 Å². The largest absolute Gasteiger partial charge is 0.480 e. The van der Waals surface area contributed by atoms with E-state index >= 15 is 0 Å². The van der Waals surface area contributed by atoms with Gasteiger partial charge in [0, 0.05) is 31.6 Å². The molecule has 114 valence electrons. The fourth-order valence-corrected chi connectivity index (χ4v) is 2.28. The minimum Gasteiger partial charge on any atom is -0.480 e. The van der Waals surface area contributed by atoms with E-state index in [-0.39, 0.29) is 31.6 Å². The normalized spacial score (nSPS) is 17.2. The van der Waals surface area contributed by atoms with Crippen molar-refractivity contribution in [2.45, 2.75) is 24.8 Å². The van der Waals surface area contributed by atoms with Crippen LogP contribution >= 0.6 is 0 Å². The van der Waals surface area contributed by atoms with Crippen molar-refractivity contribution in [3.8, 4) is 0 Å². The van der Waals surface area contributed by atoms with Gasteiger partial charge in [0.2, 0.25) is 5.91 Å². The summed E-state index contributed by atoms with van der Waals surface area (Å²) in [6.45, 7) is 0.446. The number of nitrogens with one attached hydrogen (secondary N) is 1. The first kappa shape index (κ1) is 15.4. The number of benzene rings is 1. The van der Waals surface area contributed by atoms with E-state index in [1.54, 1.807) is 0 Å². The van der Waals surface area contributed by atoms with Gasteiger partial charge in [0.25, 0.3) is 0 Å². The Morgan fingerprint density at radius 1 is 1.29 bits per heavy atom. The summed E-state index contributed by atoms with van der Waals surface area (Å²) in [4.78, 5) is 23.3. The molecule has 0 bridgehead atoms. The zero-order chi connectivity index (χ0) is 15.5. The number of carboxylic acids is 1. The second kappa shape index (κ2) is 6.17. The van der Waals surface area contributed by atoms with Crippen molar-refractivity contribution < 1.29 is 28.2 Å². The summed E-state index contributed by atoms with van der Waals surface area (Å²) in [6, 6.07) is 2.81. The lowest BCUT2D eigenvalue weighted by atomic mass is 9.89. The van der Waals surface area contributed by atoms with E-state index < -0.39 is 35.5 Å². The van der Waals surface area contributed by atoms with Gasteiger partial charge in [-0.3, -0.25) is 4.79 Å². The molecule has 2 N–H and O–H groups in total. The molecule has 0 unspecified atom stereocenters. The quantitative estimate of drug-likeness (QED) is 0.877. The molecule has 1 saturated heterocycles. The van der Waals surface area contributed by atoms with Crippen LogP contribution in [-0.2, 0) is 20.7 Å². The Morgan fingerprint density at radius 2 is 1.95 bits per heavy atom. The number of carbonyl (C=O) groups is 2. The second-order valence-electron chi connectivity index (χ2n) is 4.96. The van der Waals surface area contributed by atoms with Crippen LogP contribution in [0.5, 0.6) is 0 Å². The summed E-state index contributed by atoms with van der Waals surface area (Å²) in [7, 11) is 0. The Balaban J connectivity index is 2.09. The van der Waals surface area contributed by atoms with Gasteiger partial charge in [0.15, 0.2) is 0 Å². The van der Waals surface area contributed by atoms with Gasteiger partial charge in [-0.1, -0.05) is 0 Å². The van der Waals surface area contributed by atoms with E-state index in [2.05, 4.69) is 5.32 Å². The van der Waals surface area contributed by atoms with Gasteiger partial charge in [0.1, 0.15) is 17.2 Å². The standard InChI is InChI=1S/C14H15F2NO4/c15-10-1-2-11(16)9(7-10)8-12(18)17-14(13(19)20)3-5-21-6-4-14/h1-2,7H,3-6,8H2,(H,17,18)(H,19,20). The summed E-state index contributed by atoms with van der Waals surface area (Å²) in [6.07, 6.45) is -0.140. The third kappa shape index (κ3) is 3.55. The fourth-order valence-electron chi connectivity index (χ4n) is 2.28. The van der Waals surface area contributed by atoms with Crippen LogP contribution in [0, 0.1) is 11.6 Å². The van der Waals surface area contributed by atoms with Crippen LogP contribution < -0.4 is 5.32 Å². The highest BCUT2D eigenvalue weighted by Crippen LogP contribution is 2.21.